The normalized spacial score (nSPS) is 10.6. The highest BCUT2D eigenvalue weighted by molar-refractivity contribution is 7.99. The zero-order valence-corrected chi connectivity index (χ0v) is 17.7. The first-order valence-corrected chi connectivity index (χ1v) is 10.1. The summed E-state index contributed by atoms with van der Waals surface area (Å²) in [5.74, 6) is 2.12. The number of nitrogens with zero attached hydrogens (tertiary/aromatic N) is 3. The van der Waals surface area contributed by atoms with E-state index in [0.717, 1.165) is 16.8 Å². The van der Waals surface area contributed by atoms with E-state index >= 15 is 0 Å². The standard InChI is InChI=1S/C21H24N4O3S/c1-14-8-7-9-16(15(14)2)22-20(26)13-29-21-24-23-19(25(21)3)12-28-18-11-6-5-10-17(18)27-4/h5-11H,12-13H2,1-4H3,(H,22,26). The molecule has 29 heavy (non-hydrogen) atoms. The minimum absolute atomic E-state index is 0.0847. The molecule has 0 aliphatic heterocycles. The number of thioether (sulfide) groups is 1. The van der Waals surface area contributed by atoms with Gasteiger partial charge in [-0.05, 0) is 43.2 Å². The van der Waals surface area contributed by atoms with E-state index < -0.39 is 0 Å². The third kappa shape index (κ3) is 5.08. The van der Waals surface area contributed by atoms with Crippen LogP contribution in [-0.2, 0) is 18.4 Å². The molecule has 0 unspecified atom stereocenters. The predicted molar refractivity (Wildman–Crippen MR) is 114 cm³/mol. The molecule has 0 bridgehead atoms. The molecular formula is C21H24N4O3S. The zero-order valence-electron chi connectivity index (χ0n) is 16.9. The Hall–Kier alpha value is -3.00. The van der Waals surface area contributed by atoms with E-state index in [2.05, 4.69) is 15.5 Å². The summed E-state index contributed by atoms with van der Waals surface area (Å²) in [6, 6.07) is 13.3. The highest BCUT2D eigenvalue weighted by Gasteiger charge is 2.13. The number of nitrogens with one attached hydrogen (secondary N) is 1. The summed E-state index contributed by atoms with van der Waals surface area (Å²) in [5, 5.41) is 11.9. The van der Waals surface area contributed by atoms with Gasteiger partial charge < -0.3 is 19.4 Å². The fraction of sp³-hybridized carbons (Fsp3) is 0.286. The number of aryl methyl sites for hydroxylation is 1. The number of benzene rings is 2. The molecule has 0 aliphatic rings. The molecule has 0 radical (unpaired) electrons. The van der Waals surface area contributed by atoms with Gasteiger partial charge in [-0.2, -0.15) is 0 Å². The zero-order chi connectivity index (χ0) is 20.8. The van der Waals surface area contributed by atoms with Gasteiger partial charge in [-0.3, -0.25) is 4.79 Å². The maximum Gasteiger partial charge on any atom is 0.234 e. The van der Waals surface area contributed by atoms with Crippen molar-refractivity contribution >= 4 is 23.4 Å². The second kappa shape index (κ2) is 9.47. The number of methoxy groups -OCH3 is 1. The lowest BCUT2D eigenvalue weighted by molar-refractivity contribution is -0.113. The average Bonchev–Trinajstić information content (AvgIpc) is 3.08. The summed E-state index contributed by atoms with van der Waals surface area (Å²) >= 11 is 1.33. The van der Waals surface area contributed by atoms with Crippen molar-refractivity contribution < 1.29 is 14.3 Å². The van der Waals surface area contributed by atoms with Crippen molar-refractivity contribution in [3.05, 3.63) is 59.4 Å². The minimum atomic E-state index is -0.0847. The molecule has 0 aliphatic carbocycles. The molecule has 7 nitrogen and oxygen atoms in total. The van der Waals surface area contributed by atoms with Gasteiger partial charge in [-0.25, -0.2) is 0 Å². The van der Waals surface area contributed by atoms with Gasteiger partial charge in [0.1, 0.15) is 6.61 Å². The summed E-state index contributed by atoms with van der Waals surface area (Å²) in [6.45, 7) is 4.27. The SMILES string of the molecule is COc1ccccc1OCc1nnc(SCC(=O)Nc2cccc(C)c2C)n1C. The summed E-state index contributed by atoms with van der Waals surface area (Å²) in [4.78, 5) is 12.3. The Morgan fingerprint density at radius 1 is 1.10 bits per heavy atom. The van der Waals surface area contributed by atoms with Crippen LogP contribution in [0.5, 0.6) is 11.5 Å². The molecule has 0 saturated heterocycles. The molecule has 1 N–H and O–H groups in total. The van der Waals surface area contributed by atoms with Crippen molar-refractivity contribution in [1.82, 2.24) is 14.8 Å². The third-order valence-electron chi connectivity index (χ3n) is 4.56. The molecule has 0 spiro atoms. The molecular weight excluding hydrogens is 388 g/mol. The number of carbonyl (C=O) groups excluding carboxylic acids is 1. The van der Waals surface area contributed by atoms with Crippen molar-refractivity contribution in [2.45, 2.75) is 25.6 Å². The number of carbonyl (C=O) groups is 1. The van der Waals surface area contributed by atoms with Crippen LogP contribution in [0, 0.1) is 13.8 Å². The van der Waals surface area contributed by atoms with Crippen LogP contribution in [0.3, 0.4) is 0 Å². The maximum atomic E-state index is 12.3. The van der Waals surface area contributed by atoms with Crippen LogP contribution in [0.2, 0.25) is 0 Å². The van der Waals surface area contributed by atoms with Crippen LogP contribution in [0.25, 0.3) is 0 Å². The van der Waals surface area contributed by atoms with E-state index in [0.29, 0.717) is 22.5 Å². The van der Waals surface area contributed by atoms with Gasteiger partial charge in [0.2, 0.25) is 5.91 Å². The maximum absolute atomic E-state index is 12.3. The van der Waals surface area contributed by atoms with E-state index in [1.54, 1.807) is 7.11 Å². The number of rotatable bonds is 8. The first kappa shape index (κ1) is 20.7. The molecule has 3 rings (SSSR count). The number of aromatic nitrogens is 3. The highest BCUT2D eigenvalue weighted by atomic mass is 32.2. The summed E-state index contributed by atoms with van der Waals surface area (Å²) in [7, 11) is 3.45. The van der Waals surface area contributed by atoms with Gasteiger partial charge in [0.05, 0.1) is 12.9 Å². The molecule has 2 aromatic carbocycles. The quantitative estimate of drug-likeness (QED) is 0.568. The van der Waals surface area contributed by atoms with Crippen molar-refractivity contribution in [3.63, 3.8) is 0 Å². The van der Waals surface area contributed by atoms with Crippen LogP contribution >= 0.6 is 11.8 Å². The summed E-state index contributed by atoms with van der Waals surface area (Å²) < 4.78 is 12.9. The molecule has 1 amide bonds. The van der Waals surface area contributed by atoms with Gasteiger partial charge in [-0.15, -0.1) is 10.2 Å². The van der Waals surface area contributed by atoms with Gasteiger partial charge in [0.15, 0.2) is 22.5 Å². The fourth-order valence-electron chi connectivity index (χ4n) is 2.68. The molecule has 152 valence electrons. The lowest BCUT2D eigenvalue weighted by Gasteiger charge is -2.11. The highest BCUT2D eigenvalue weighted by Crippen LogP contribution is 2.27. The second-order valence-corrected chi connectivity index (χ2v) is 7.42. The molecule has 1 heterocycles. The third-order valence-corrected chi connectivity index (χ3v) is 5.58. The van der Waals surface area contributed by atoms with Gasteiger partial charge in [0.25, 0.3) is 0 Å². The van der Waals surface area contributed by atoms with E-state index in [9.17, 15) is 4.79 Å². The van der Waals surface area contributed by atoms with Crippen molar-refractivity contribution in [1.29, 1.82) is 0 Å². The van der Waals surface area contributed by atoms with E-state index in [1.165, 1.54) is 11.8 Å². The van der Waals surface area contributed by atoms with Gasteiger partial charge in [0, 0.05) is 12.7 Å². The monoisotopic (exact) mass is 412 g/mol. The molecule has 0 fully saturated rings. The molecule has 0 atom stereocenters. The fourth-order valence-corrected chi connectivity index (χ4v) is 3.41. The number of amides is 1. The van der Waals surface area contributed by atoms with Gasteiger partial charge >= 0.3 is 0 Å². The Kier molecular flexibility index (Phi) is 6.77. The van der Waals surface area contributed by atoms with E-state index in [1.807, 2.05) is 67.9 Å². The number of ether oxygens (including phenoxy) is 2. The van der Waals surface area contributed by atoms with Crippen molar-refractivity contribution in [3.8, 4) is 11.5 Å². The number of anilines is 1. The Labute approximate surface area is 174 Å². The largest absolute Gasteiger partial charge is 0.493 e. The Bertz CT molecular complexity index is 1000. The van der Waals surface area contributed by atoms with Crippen LogP contribution in [0.4, 0.5) is 5.69 Å². The molecule has 8 heteroatoms. The summed E-state index contributed by atoms with van der Waals surface area (Å²) in [6.07, 6.45) is 0. The van der Waals surface area contributed by atoms with Crippen LogP contribution in [-0.4, -0.2) is 33.5 Å². The Morgan fingerprint density at radius 3 is 2.62 bits per heavy atom. The predicted octanol–water partition coefficient (Wildman–Crippen LogP) is 3.75. The lowest BCUT2D eigenvalue weighted by atomic mass is 10.1. The second-order valence-electron chi connectivity index (χ2n) is 6.48. The van der Waals surface area contributed by atoms with Crippen LogP contribution in [0.15, 0.2) is 47.6 Å². The molecule has 0 saturated carbocycles. The average molecular weight is 413 g/mol. The van der Waals surface area contributed by atoms with Crippen molar-refractivity contribution in [2.24, 2.45) is 7.05 Å². The van der Waals surface area contributed by atoms with Gasteiger partial charge in [-0.1, -0.05) is 36.0 Å². The molecule has 1 aromatic heterocycles. The number of para-hydroxylation sites is 2. The topological polar surface area (TPSA) is 78.3 Å². The first-order valence-electron chi connectivity index (χ1n) is 9.12. The van der Waals surface area contributed by atoms with E-state index in [-0.39, 0.29) is 18.3 Å². The van der Waals surface area contributed by atoms with Crippen LogP contribution in [0.1, 0.15) is 17.0 Å². The lowest BCUT2D eigenvalue weighted by Crippen LogP contribution is -2.15. The van der Waals surface area contributed by atoms with E-state index in [4.69, 9.17) is 9.47 Å². The molecule has 3 aromatic rings. The smallest absolute Gasteiger partial charge is 0.234 e. The van der Waals surface area contributed by atoms with Crippen LogP contribution < -0.4 is 14.8 Å². The first-order chi connectivity index (χ1) is 14.0. The number of hydrogen-bond acceptors (Lipinski definition) is 6. The number of hydrogen-bond donors (Lipinski definition) is 1. The summed E-state index contributed by atoms with van der Waals surface area (Å²) in [5.41, 5.74) is 3.04. The Morgan fingerprint density at radius 2 is 1.86 bits per heavy atom. The van der Waals surface area contributed by atoms with Crippen molar-refractivity contribution in [2.75, 3.05) is 18.2 Å². The Balaban J connectivity index is 1.56. The minimum Gasteiger partial charge on any atom is -0.493 e.